The molecule has 0 saturated carbocycles. The van der Waals surface area contributed by atoms with Crippen LogP contribution in [-0.2, 0) is 9.53 Å². The third-order valence-corrected chi connectivity index (χ3v) is 4.95. The first kappa shape index (κ1) is 24.7. The van der Waals surface area contributed by atoms with E-state index < -0.39 is 29.8 Å². The Bertz CT molecular complexity index is 1200. The number of halogens is 2. The molecule has 3 amide bonds. The molecule has 0 aliphatic rings. The third-order valence-electron chi connectivity index (χ3n) is 4.71. The van der Waals surface area contributed by atoms with Gasteiger partial charge in [-0.2, -0.15) is 0 Å². The van der Waals surface area contributed by atoms with E-state index in [1.807, 2.05) is 0 Å². The molecular formula is C23H22ClFN4O5. The molecule has 0 aliphatic carbocycles. The Morgan fingerprint density at radius 2 is 1.79 bits per heavy atom. The molecule has 3 rings (SSSR count). The van der Waals surface area contributed by atoms with Crippen LogP contribution in [0.2, 0.25) is 5.02 Å². The molecule has 3 aromatic rings. The zero-order valence-corrected chi connectivity index (χ0v) is 19.3. The molecule has 178 valence electrons. The number of ether oxygens (including phenoxy) is 1. The van der Waals surface area contributed by atoms with Gasteiger partial charge >= 0.3 is 17.9 Å². The van der Waals surface area contributed by atoms with Crippen LogP contribution in [0.3, 0.4) is 0 Å². The molecule has 1 atom stereocenters. The van der Waals surface area contributed by atoms with E-state index in [2.05, 4.69) is 20.9 Å². The summed E-state index contributed by atoms with van der Waals surface area (Å²) < 4.78 is 24.0. The fourth-order valence-corrected chi connectivity index (χ4v) is 3.09. The van der Waals surface area contributed by atoms with Crippen molar-refractivity contribution < 1.29 is 27.9 Å². The van der Waals surface area contributed by atoms with Gasteiger partial charge in [0.25, 0.3) is 5.89 Å². The predicted molar refractivity (Wildman–Crippen MR) is 124 cm³/mol. The average Bonchev–Trinajstić information content (AvgIpc) is 3.29. The summed E-state index contributed by atoms with van der Waals surface area (Å²) in [5.41, 5.74) is 1.01. The number of anilines is 2. The molecule has 34 heavy (non-hydrogen) atoms. The zero-order valence-electron chi connectivity index (χ0n) is 18.5. The van der Waals surface area contributed by atoms with E-state index in [1.165, 1.54) is 25.4 Å². The summed E-state index contributed by atoms with van der Waals surface area (Å²) in [7, 11) is 1.24. The van der Waals surface area contributed by atoms with Gasteiger partial charge in [0.2, 0.25) is 0 Å². The van der Waals surface area contributed by atoms with Crippen molar-refractivity contribution in [3.05, 3.63) is 65.4 Å². The molecule has 0 spiro atoms. The lowest BCUT2D eigenvalue weighted by Crippen LogP contribution is -2.45. The van der Waals surface area contributed by atoms with Crippen molar-refractivity contribution >= 4 is 40.9 Å². The van der Waals surface area contributed by atoms with Gasteiger partial charge < -0.3 is 25.1 Å². The topological polar surface area (TPSA) is 123 Å². The Morgan fingerprint density at radius 3 is 2.41 bits per heavy atom. The molecule has 1 aromatic heterocycles. The van der Waals surface area contributed by atoms with Crippen molar-refractivity contribution in [2.75, 3.05) is 17.7 Å². The fraction of sp³-hybridized carbons (Fsp3) is 0.217. The van der Waals surface area contributed by atoms with Crippen molar-refractivity contribution in [3.63, 3.8) is 0 Å². The standard InChI is InChI=1S/C23H22ClFN4O5/c1-12(2)19(22(31)33-3)29-20(30)21-26-11-18(34-21)13-4-7-15(8-5-13)27-23(32)28-17-9-6-14(24)10-16(17)25/h4-12,19H,1-3H3,(H,29,30)(H2,27,28,32). The summed E-state index contributed by atoms with van der Waals surface area (Å²) in [5, 5.41) is 7.74. The molecule has 0 aliphatic heterocycles. The first-order valence-corrected chi connectivity index (χ1v) is 10.5. The van der Waals surface area contributed by atoms with E-state index in [1.54, 1.807) is 38.1 Å². The molecule has 0 radical (unpaired) electrons. The summed E-state index contributed by atoms with van der Waals surface area (Å²) in [6, 6.07) is 8.91. The molecule has 3 N–H and O–H groups in total. The van der Waals surface area contributed by atoms with Gasteiger partial charge in [-0.3, -0.25) is 4.79 Å². The van der Waals surface area contributed by atoms with Crippen LogP contribution in [0.5, 0.6) is 0 Å². The van der Waals surface area contributed by atoms with E-state index in [4.69, 9.17) is 20.8 Å². The van der Waals surface area contributed by atoms with Crippen molar-refractivity contribution in [2.24, 2.45) is 5.92 Å². The van der Waals surface area contributed by atoms with Crippen molar-refractivity contribution in [1.82, 2.24) is 10.3 Å². The summed E-state index contributed by atoms with van der Waals surface area (Å²) >= 11 is 5.70. The fourth-order valence-electron chi connectivity index (χ4n) is 2.93. The van der Waals surface area contributed by atoms with Crippen LogP contribution in [0.1, 0.15) is 24.5 Å². The maximum Gasteiger partial charge on any atom is 0.328 e. The summed E-state index contributed by atoms with van der Waals surface area (Å²) in [5.74, 6) is -1.98. The van der Waals surface area contributed by atoms with Crippen LogP contribution < -0.4 is 16.0 Å². The third kappa shape index (κ3) is 6.10. The van der Waals surface area contributed by atoms with Gasteiger partial charge in [0.15, 0.2) is 5.76 Å². The number of urea groups is 1. The zero-order chi connectivity index (χ0) is 24.8. The highest BCUT2D eigenvalue weighted by Gasteiger charge is 2.27. The Labute approximate surface area is 199 Å². The van der Waals surface area contributed by atoms with Crippen LogP contribution in [-0.4, -0.2) is 36.0 Å². The number of methoxy groups -OCH3 is 1. The largest absolute Gasteiger partial charge is 0.467 e. The minimum Gasteiger partial charge on any atom is -0.467 e. The lowest BCUT2D eigenvalue weighted by molar-refractivity contribution is -0.144. The Balaban J connectivity index is 1.63. The maximum atomic E-state index is 13.8. The van der Waals surface area contributed by atoms with Gasteiger partial charge in [-0.1, -0.05) is 25.4 Å². The number of aromatic nitrogens is 1. The van der Waals surface area contributed by atoms with Crippen LogP contribution in [0.4, 0.5) is 20.6 Å². The minimum absolute atomic E-state index is 0.0158. The van der Waals surface area contributed by atoms with Gasteiger partial charge in [-0.25, -0.2) is 19.0 Å². The second kappa shape index (κ2) is 10.8. The molecule has 1 unspecified atom stereocenters. The SMILES string of the molecule is COC(=O)C(NC(=O)c1ncc(-c2ccc(NC(=O)Nc3ccc(Cl)cc3F)cc2)o1)C(C)C. The predicted octanol–water partition coefficient (Wildman–Crippen LogP) is 4.71. The van der Waals surface area contributed by atoms with Crippen molar-refractivity contribution in [1.29, 1.82) is 0 Å². The number of carbonyl (C=O) groups excluding carboxylic acids is 3. The second-order valence-corrected chi connectivity index (χ2v) is 7.97. The molecule has 9 nitrogen and oxygen atoms in total. The van der Waals surface area contributed by atoms with Gasteiger partial charge in [-0.05, 0) is 48.4 Å². The highest BCUT2D eigenvalue weighted by Crippen LogP contribution is 2.23. The molecule has 0 bridgehead atoms. The molecule has 0 saturated heterocycles. The quantitative estimate of drug-likeness (QED) is 0.414. The number of esters is 1. The number of hydrogen-bond donors (Lipinski definition) is 3. The van der Waals surface area contributed by atoms with Crippen LogP contribution >= 0.6 is 11.6 Å². The number of oxazole rings is 1. The van der Waals surface area contributed by atoms with Crippen molar-refractivity contribution in [3.8, 4) is 11.3 Å². The van der Waals surface area contributed by atoms with Gasteiger partial charge in [0, 0.05) is 16.3 Å². The van der Waals surface area contributed by atoms with E-state index in [0.717, 1.165) is 6.07 Å². The smallest absolute Gasteiger partial charge is 0.328 e. The Kier molecular flexibility index (Phi) is 7.85. The number of rotatable bonds is 7. The lowest BCUT2D eigenvalue weighted by Gasteiger charge is -2.18. The molecule has 11 heteroatoms. The minimum atomic E-state index is -0.842. The lowest BCUT2D eigenvalue weighted by atomic mass is 10.0. The highest BCUT2D eigenvalue weighted by molar-refractivity contribution is 6.30. The maximum absolute atomic E-state index is 13.8. The van der Waals surface area contributed by atoms with Gasteiger partial charge in [0.1, 0.15) is 11.9 Å². The number of carbonyl (C=O) groups is 3. The van der Waals surface area contributed by atoms with E-state index in [-0.39, 0.29) is 22.5 Å². The first-order valence-electron chi connectivity index (χ1n) is 10.2. The Hall–Kier alpha value is -3.92. The second-order valence-electron chi connectivity index (χ2n) is 7.53. The summed E-state index contributed by atoms with van der Waals surface area (Å²) in [4.78, 5) is 40.4. The summed E-state index contributed by atoms with van der Waals surface area (Å²) in [6.07, 6.45) is 1.37. The molecule has 0 fully saturated rings. The summed E-state index contributed by atoms with van der Waals surface area (Å²) in [6.45, 7) is 3.54. The average molecular weight is 489 g/mol. The number of benzene rings is 2. The number of nitrogens with zero attached hydrogens (tertiary/aromatic N) is 1. The van der Waals surface area contributed by atoms with Gasteiger partial charge in [-0.15, -0.1) is 0 Å². The van der Waals surface area contributed by atoms with E-state index in [0.29, 0.717) is 17.0 Å². The van der Waals surface area contributed by atoms with E-state index >= 15 is 0 Å². The normalized spacial score (nSPS) is 11.6. The number of nitrogens with one attached hydrogen (secondary N) is 3. The van der Waals surface area contributed by atoms with Crippen molar-refractivity contribution in [2.45, 2.75) is 19.9 Å². The Morgan fingerprint density at radius 1 is 1.09 bits per heavy atom. The first-order chi connectivity index (χ1) is 16.2. The monoisotopic (exact) mass is 488 g/mol. The van der Waals surface area contributed by atoms with Crippen LogP contribution in [0, 0.1) is 11.7 Å². The molecular weight excluding hydrogens is 467 g/mol. The van der Waals surface area contributed by atoms with Gasteiger partial charge in [0.05, 0.1) is 19.0 Å². The van der Waals surface area contributed by atoms with Crippen LogP contribution in [0.15, 0.2) is 53.1 Å². The number of hydrogen-bond acceptors (Lipinski definition) is 6. The van der Waals surface area contributed by atoms with Crippen LogP contribution in [0.25, 0.3) is 11.3 Å². The highest BCUT2D eigenvalue weighted by atomic mass is 35.5. The molecule has 2 aromatic carbocycles. The number of amides is 3. The molecule has 1 heterocycles. The van der Waals surface area contributed by atoms with E-state index in [9.17, 15) is 18.8 Å².